The SMILES string of the molecule is CNCC1CCN(CC(=O)NC(=O)c2ccco2)C1. The molecule has 104 valence electrons. The van der Waals surface area contributed by atoms with E-state index < -0.39 is 5.91 Å². The number of amides is 2. The summed E-state index contributed by atoms with van der Waals surface area (Å²) in [6, 6.07) is 3.14. The third kappa shape index (κ3) is 3.90. The molecule has 0 aliphatic carbocycles. The molecule has 1 unspecified atom stereocenters. The highest BCUT2D eigenvalue weighted by molar-refractivity contribution is 6.03. The van der Waals surface area contributed by atoms with Crippen LogP contribution in [0, 0.1) is 5.92 Å². The van der Waals surface area contributed by atoms with Gasteiger partial charge in [-0.25, -0.2) is 0 Å². The van der Waals surface area contributed by atoms with E-state index in [0.29, 0.717) is 5.92 Å². The van der Waals surface area contributed by atoms with Gasteiger partial charge in [-0.2, -0.15) is 0 Å². The average Bonchev–Trinajstić information content (AvgIpc) is 3.00. The first kappa shape index (κ1) is 13.8. The fourth-order valence-corrected chi connectivity index (χ4v) is 2.35. The molecular formula is C13H19N3O3. The van der Waals surface area contributed by atoms with Gasteiger partial charge < -0.3 is 9.73 Å². The topological polar surface area (TPSA) is 74.6 Å². The van der Waals surface area contributed by atoms with Crippen molar-refractivity contribution in [3.05, 3.63) is 24.2 Å². The molecular weight excluding hydrogens is 246 g/mol. The Hall–Kier alpha value is -1.66. The molecule has 0 spiro atoms. The largest absolute Gasteiger partial charge is 0.459 e. The summed E-state index contributed by atoms with van der Waals surface area (Å²) in [4.78, 5) is 25.4. The number of nitrogens with zero attached hydrogens (tertiary/aromatic N) is 1. The van der Waals surface area contributed by atoms with E-state index in [1.807, 2.05) is 7.05 Å². The Labute approximate surface area is 112 Å². The minimum absolute atomic E-state index is 0.155. The fraction of sp³-hybridized carbons (Fsp3) is 0.538. The van der Waals surface area contributed by atoms with Crippen molar-refractivity contribution in [1.82, 2.24) is 15.5 Å². The van der Waals surface area contributed by atoms with Crippen LogP contribution in [0.2, 0.25) is 0 Å². The van der Waals surface area contributed by atoms with Gasteiger partial charge in [0, 0.05) is 6.54 Å². The Morgan fingerprint density at radius 1 is 1.53 bits per heavy atom. The lowest BCUT2D eigenvalue weighted by Gasteiger charge is -2.14. The highest BCUT2D eigenvalue weighted by atomic mass is 16.3. The number of hydrogen-bond acceptors (Lipinski definition) is 5. The second-order valence-corrected chi connectivity index (χ2v) is 4.80. The molecule has 2 N–H and O–H groups in total. The third-order valence-corrected chi connectivity index (χ3v) is 3.23. The number of imide groups is 1. The number of rotatable bonds is 5. The zero-order valence-electron chi connectivity index (χ0n) is 11.0. The summed E-state index contributed by atoms with van der Waals surface area (Å²) in [7, 11) is 1.93. The first-order chi connectivity index (χ1) is 9.19. The van der Waals surface area contributed by atoms with Crippen LogP contribution in [0.3, 0.4) is 0 Å². The van der Waals surface area contributed by atoms with Crippen molar-refractivity contribution >= 4 is 11.8 Å². The number of likely N-dealkylation sites (tertiary alicyclic amines) is 1. The zero-order valence-corrected chi connectivity index (χ0v) is 11.0. The van der Waals surface area contributed by atoms with Gasteiger partial charge in [0.15, 0.2) is 5.76 Å². The molecule has 6 nitrogen and oxygen atoms in total. The monoisotopic (exact) mass is 265 g/mol. The highest BCUT2D eigenvalue weighted by Gasteiger charge is 2.24. The van der Waals surface area contributed by atoms with E-state index in [-0.39, 0.29) is 18.2 Å². The predicted octanol–water partition coefficient (Wildman–Crippen LogP) is 0.0773. The standard InChI is InChI=1S/C13H19N3O3/c1-14-7-10-4-5-16(8-10)9-12(17)15-13(18)11-3-2-6-19-11/h2-3,6,10,14H,4-5,7-9H2,1H3,(H,15,17,18). The molecule has 2 amide bonds. The van der Waals surface area contributed by atoms with Crippen molar-refractivity contribution in [2.45, 2.75) is 6.42 Å². The predicted molar refractivity (Wildman–Crippen MR) is 69.7 cm³/mol. The van der Waals surface area contributed by atoms with Gasteiger partial charge in [0.25, 0.3) is 5.91 Å². The average molecular weight is 265 g/mol. The van der Waals surface area contributed by atoms with Gasteiger partial charge in [-0.05, 0) is 44.6 Å². The molecule has 6 heteroatoms. The van der Waals surface area contributed by atoms with Crippen LogP contribution in [-0.4, -0.2) is 49.9 Å². The number of carbonyl (C=O) groups excluding carboxylic acids is 2. The van der Waals surface area contributed by atoms with Gasteiger partial charge in [-0.3, -0.25) is 19.8 Å². The summed E-state index contributed by atoms with van der Waals surface area (Å²) in [5.74, 6) is -0.0334. The van der Waals surface area contributed by atoms with Crippen LogP contribution in [-0.2, 0) is 4.79 Å². The van der Waals surface area contributed by atoms with E-state index in [9.17, 15) is 9.59 Å². The summed E-state index contributed by atoms with van der Waals surface area (Å²) < 4.78 is 4.93. The molecule has 1 saturated heterocycles. The lowest BCUT2D eigenvalue weighted by Crippen LogP contribution is -2.39. The summed E-state index contributed by atoms with van der Waals surface area (Å²) in [5, 5.41) is 5.47. The smallest absolute Gasteiger partial charge is 0.293 e. The van der Waals surface area contributed by atoms with Crippen LogP contribution in [0.15, 0.2) is 22.8 Å². The van der Waals surface area contributed by atoms with E-state index in [1.165, 1.54) is 12.3 Å². The van der Waals surface area contributed by atoms with Crippen molar-refractivity contribution in [3.63, 3.8) is 0 Å². The molecule has 2 rings (SSSR count). The van der Waals surface area contributed by atoms with Gasteiger partial charge in [0.1, 0.15) is 0 Å². The van der Waals surface area contributed by atoms with Crippen LogP contribution in [0.1, 0.15) is 17.0 Å². The Balaban J connectivity index is 1.75. The van der Waals surface area contributed by atoms with E-state index in [4.69, 9.17) is 4.42 Å². The molecule has 1 aromatic heterocycles. The Bertz CT molecular complexity index is 430. The summed E-state index contributed by atoms with van der Waals surface area (Å²) in [6.45, 7) is 3.01. The molecule has 19 heavy (non-hydrogen) atoms. The Morgan fingerprint density at radius 2 is 2.37 bits per heavy atom. The maximum absolute atomic E-state index is 11.7. The first-order valence-electron chi connectivity index (χ1n) is 6.43. The molecule has 1 aliphatic heterocycles. The van der Waals surface area contributed by atoms with Crippen LogP contribution in [0.4, 0.5) is 0 Å². The summed E-state index contributed by atoms with van der Waals surface area (Å²) >= 11 is 0. The first-order valence-corrected chi connectivity index (χ1v) is 6.43. The quantitative estimate of drug-likeness (QED) is 0.788. The van der Waals surface area contributed by atoms with Crippen LogP contribution >= 0.6 is 0 Å². The minimum Gasteiger partial charge on any atom is -0.459 e. The highest BCUT2D eigenvalue weighted by Crippen LogP contribution is 2.14. The van der Waals surface area contributed by atoms with Gasteiger partial charge in [-0.15, -0.1) is 0 Å². The van der Waals surface area contributed by atoms with E-state index in [1.54, 1.807) is 6.07 Å². The molecule has 2 heterocycles. The molecule has 0 radical (unpaired) electrons. The molecule has 0 saturated carbocycles. The molecule has 0 aromatic carbocycles. The van der Waals surface area contributed by atoms with Crippen molar-refractivity contribution in [2.75, 3.05) is 33.2 Å². The van der Waals surface area contributed by atoms with Crippen molar-refractivity contribution in [2.24, 2.45) is 5.92 Å². The molecule has 0 bridgehead atoms. The molecule has 1 atom stereocenters. The van der Waals surface area contributed by atoms with E-state index >= 15 is 0 Å². The maximum Gasteiger partial charge on any atom is 0.293 e. The van der Waals surface area contributed by atoms with Gasteiger partial charge in [-0.1, -0.05) is 0 Å². The van der Waals surface area contributed by atoms with E-state index in [0.717, 1.165) is 26.1 Å². The summed E-state index contributed by atoms with van der Waals surface area (Å²) in [6.07, 6.45) is 2.49. The number of nitrogens with one attached hydrogen (secondary N) is 2. The molecule has 1 fully saturated rings. The summed E-state index contributed by atoms with van der Waals surface area (Å²) in [5.41, 5.74) is 0. The van der Waals surface area contributed by atoms with Gasteiger partial charge >= 0.3 is 0 Å². The van der Waals surface area contributed by atoms with E-state index in [2.05, 4.69) is 15.5 Å². The van der Waals surface area contributed by atoms with Crippen LogP contribution in [0.25, 0.3) is 0 Å². The number of hydrogen-bond donors (Lipinski definition) is 2. The lowest BCUT2D eigenvalue weighted by atomic mass is 10.1. The molecule has 1 aliphatic rings. The van der Waals surface area contributed by atoms with Gasteiger partial charge in [0.05, 0.1) is 12.8 Å². The maximum atomic E-state index is 11.7. The number of furan rings is 1. The van der Waals surface area contributed by atoms with Crippen LogP contribution in [0.5, 0.6) is 0 Å². The normalized spacial score (nSPS) is 19.5. The minimum atomic E-state index is -0.485. The van der Waals surface area contributed by atoms with Crippen molar-refractivity contribution in [3.8, 4) is 0 Å². The Kier molecular flexibility index (Phi) is 4.70. The van der Waals surface area contributed by atoms with Gasteiger partial charge in [0.2, 0.25) is 5.91 Å². The Morgan fingerprint density at radius 3 is 3.05 bits per heavy atom. The third-order valence-electron chi connectivity index (χ3n) is 3.23. The van der Waals surface area contributed by atoms with Crippen molar-refractivity contribution < 1.29 is 14.0 Å². The molecule has 1 aromatic rings. The second-order valence-electron chi connectivity index (χ2n) is 4.80. The zero-order chi connectivity index (χ0) is 13.7. The second kappa shape index (κ2) is 6.49. The fourth-order valence-electron chi connectivity index (χ4n) is 2.35. The van der Waals surface area contributed by atoms with Crippen LogP contribution < -0.4 is 10.6 Å². The lowest BCUT2D eigenvalue weighted by molar-refractivity contribution is -0.121. The van der Waals surface area contributed by atoms with Crippen molar-refractivity contribution in [1.29, 1.82) is 0 Å². The number of carbonyl (C=O) groups is 2.